The van der Waals surface area contributed by atoms with E-state index in [0.717, 1.165) is 15.6 Å². The van der Waals surface area contributed by atoms with Crippen LogP contribution in [0.2, 0.25) is 10.0 Å². The van der Waals surface area contributed by atoms with Crippen molar-refractivity contribution in [2.24, 2.45) is 4.99 Å². The Morgan fingerprint density at radius 2 is 1.80 bits per heavy atom. The molecule has 0 unspecified atom stereocenters. The highest BCUT2D eigenvalue weighted by molar-refractivity contribution is 9.10. The molecular weight excluding hydrogens is 670 g/mol. The van der Waals surface area contributed by atoms with Crippen molar-refractivity contribution < 1.29 is 23.8 Å². The summed E-state index contributed by atoms with van der Waals surface area (Å²) in [5.74, 6) is 0.225. The van der Waals surface area contributed by atoms with E-state index >= 15 is 0 Å². The average molecular weight is 700 g/mol. The van der Waals surface area contributed by atoms with Crippen LogP contribution in [0.15, 0.2) is 100 Å². The van der Waals surface area contributed by atoms with Crippen molar-refractivity contribution in [2.75, 3.05) is 19.8 Å². The van der Waals surface area contributed by atoms with E-state index in [4.69, 9.17) is 42.8 Å². The molecular formula is C34H30BrCl2FN2O4. The van der Waals surface area contributed by atoms with Gasteiger partial charge in [-0.15, -0.1) is 0 Å². The molecule has 0 saturated carbocycles. The summed E-state index contributed by atoms with van der Waals surface area (Å²) in [6.45, 7) is 0.689. The van der Waals surface area contributed by atoms with Crippen LogP contribution in [0, 0.1) is 5.82 Å². The Balaban J connectivity index is 1.53. The summed E-state index contributed by atoms with van der Waals surface area (Å²) in [6.07, 6.45) is 0.273. The number of aliphatic hydroxyl groups excluding tert-OH is 1. The Morgan fingerprint density at radius 3 is 2.50 bits per heavy atom. The molecule has 2 atom stereocenters. The number of aliphatic hydroxyl groups is 1. The summed E-state index contributed by atoms with van der Waals surface area (Å²) in [7, 11) is 0. The lowest BCUT2D eigenvalue weighted by molar-refractivity contribution is -0.128. The minimum Gasteiger partial charge on any atom is -0.494 e. The fourth-order valence-electron chi connectivity index (χ4n) is 5.05. The quantitative estimate of drug-likeness (QED) is 0.150. The maximum Gasteiger partial charge on any atom is 0.252 e. The molecule has 1 amide bonds. The van der Waals surface area contributed by atoms with Gasteiger partial charge in [0.2, 0.25) is 5.90 Å². The Hall–Kier alpha value is -3.43. The number of hydrogen-bond acceptors (Lipinski definition) is 5. The molecule has 0 aromatic heterocycles. The van der Waals surface area contributed by atoms with Gasteiger partial charge in [-0.1, -0.05) is 69.5 Å². The smallest absolute Gasteiger partial charge is 0.252 e. The molecule has 2 N–H and O–H groups in total. The van der Waals surface area contributed by atoms with Gasteiger partial charge in [-0.2, -0.15) is 0 Å². The lowest BCUT2D eigenvalue weighted by Gasteiger charge is -2.31. The van der Waals surface area contributed by atoms with Gasteiger partial charge < -0.3 is 19.9 Å². The van der Waals surface area contributed by atoms with Crippen LogP contribution >= 0.6 is 39.1 Å². The number of rotatable bonds is 12. The Labute approximate surface area is 274 Å². The van der Waals surface area contributed by atoms with Gasteiger partial charge in [0.25, 0.3) is 5.91 Å². The molecule has 1 aliphatic rings. The molecule has 0 bridgehead atoms. The van der Waals surface area contributed by atoms with Crippen LogP contribution < -0.4 is 10.1 Å². The molecule has 0 aliphatic carbocycles. The summed E-state index contributed by atoms with van der Waals surface area (Å²) in [4.78, 5) is 19.4. The van der Waals surface area contributed by atoms with Crippen LogP contribution in [0.1, 0.15) is 34.8 Å². The summed E-state index contributed by atoms with van der Waals surface area (Å²) in [6, 6.07) is 26.2. The van der Waals surface area contributed by atoms with Crippen molar-refractivity contribution in [3.05, 3.63) is 134 Å². The van der Waals surface area contributed by atoms with Crippen LogP contribution in [0.25, 0.3) is 0 Å². The van der Waals surface area contributed by atoms with E-state index in [1.165, 1.54) is 12.1 Å². The molecule has 0 spiro atoms. The standard InChI is InChI=1S/C34H30BrCl2FN2O4/c35-25-9-5-23(6-10-25)21-34(33(42)39-16-15-22-3-1-4-27(38)19-22)31(29-14-11-26(36)20-30(29)37)44-32(40-34)24-7-12-28(13-8-24)43-18-2-17-41/h1,3-14,19-20,31,41H,2,15-18,21H2,(H,39,42)/t31-,34-/m1/s1. The van der Waals surface area contributed by atoms with Gasteiger partial charge >= 0.3 is 0 Å². The number of amides is 1. The first-order valence-corrected chi connectivity index (χ1v) is 15.6. The number of benzene rings is 4. The van der Waals surface area contributed by atoms with E-state index in [1.54, 1.807) is 36.4 Å². The third kappa shape index (κ3) is 7.61. The second kappa shape index (κ2) is 14.6. The highest BCUT2D eigenvalue weighted by Crippen LogP contribution is 2.45. The number of hydrogen-bond donors (Lipinski definition) is 2. The monoisotopic (exact) mass is 698 g/mol. The minimum atomic E-state index is -1.45. The maximum absolute atomic E-state index is 14.3. The number of halogens is 4. The lowest BCUT2D eigenvalue weighted by Crippen LogP contribution is -2.50. The highest BCUT2D eigenvalue weighted by Gasteiger charge is 2.53. The van der Waals surface area contributed by atoms with E-state index in [0.29, 0.717) is 46.4 Å². The molecule has 1 heterocycles. The van der Waals surface area contributed by atoms with E-state index in [2.05, 4.69) is 21.2 Å². The zero-order valence-electron chi connectivity index (χ0n) is 23.6. The van der Waals surface area contributed by atoms with Crippen molar-refractivity contribution in [1.82, 2.24) is 5.32 Å². The third-order valence-corrected chi connectivity index (χ3v) is 8.34. The zero-order chi connectivity index (χ0) is 31.1. The van der Waals surface area contributed by atoms with Crippen LogP contribution in [-0.2, 0) is 22.4 Å². The minimum absolute atomic E-state index is 0.0438. The molecule has 5 rings (SSSR count). The normalized spacial score (nSPS) is 17.6. The molecule has 4 aromatic rings. The molecule has 0 radical (unpaired) electrons. The SMILES string of the molecule is O=C(NCCc1cccc(F)c1)[C@]1(Cc2ccc(Br)cc2)N=C(c2ccc(OCCCO)cc2)O[C@@H]1c1ccc(Cl)cc1Cl. The van der Waals surface area contributed by atoms with Gasteiger partial charge in [-0.25, -0.2) is 9.38 Å². The van der Waals surface area contributed by atoms with Gasteiger partial charge in [-0.05, 0) is 78.2 Å². The number of nitrogens with one attached hydrogen (secondary N) is 1. The van der Waals surface area contributed by atoms with E-state index in [9.17, 15) is 9.18 Å². The molecule has 6 nitrogen and oxygen atoms in total. The van der Waals surface area contributed by atoms with Gasteiger partial charge in [0, 0.05) is 51.6 Å². The van der Waals surface area contributed by atoms with Crippen LogP contribution in [0.4, 0.5) is 4.39 Å². The Kier molecular flexibility index (Phi) is 10.6. The molecule has 1 aliphatic heterocycles. The van der Waals surface area contributed by atoms with Crippen molar-refractivity contribution in [1.29, 1.82) is 0 Å². The predicted octanol–water partition coefficient (Wildman–Crippen LogP) is 7.51. The Morgan fingerprint density at radius 1 is 1.02 bits per heavy atom. The molecule has 10 heteroatoms. The largest absolute Gasteiger partial charge is 0.494 e. The summed E-state index contributed by atoms with van der Waals surface area (Å²) in [5, 5.41) is 12.9. The van der Waals surface area contributed by atoms with Gasteiger partial charge in [-0.3, -0.25) is 4.79 Å². The topological polar surface area (TPSA) is 80.2 Å². The van der Waals surface area contributed by atoms with Crippen molar-refractivity contribution >= 4 is 50.9 Å². The van der Waals surface area contributed by atoms with Gasteiger partial charge in [0.15, 0.2) is 11.6 Å². The first-order chi connectivity index (χ1) is 21.3. The maximum atomic E-state index is 14.3. The van der Waals surface area contributed by atoms with Gasteiger partial charge in [0.1, 0.15) is 11.6 Å². The van der Waals surface area contributed by atoms with Crippen LogP contribution in [0.3, 0.4) is 0 Å². The number of carbonyl (C=O) groups is 1. The first kappa shape index (κ1) is 32.0. The summed E-state index contributed by atoms with van der Waals surface area (Å²) in [5.41, 5.74) is 1.40. The summed E-state index contributed by atoms with van der Waals surface area (Å²) >= 11 is 16.4. The lowest BCUT2D eigenvalue weighted by atomic mass is 9.82. The predicted molar refractivity (Wildman–Crippen MR) is 174 cm³/mol. The van der Waals surface area contributed by atoms with Crippen molar-refractivity contribution in [3.8, 4) is 5.75 Å². The number of carbonyl (C=O) groups excluding carboxylic acids is 1. The second-order valence-electron chi connectivity index (χ2n) is 10.4. The third-order valence-electron chi connectivity index (χ3n) is 7.25. The number of nitrogens with zero attached hydrogens (tertiary/aromatic N) is 1. The fourth-order valence-corrected chi connectivity index (χ4v) is 5.82. The first-order valence-electron chi connectivity index (χ1n) is 14.1. The van der Waals surface area contributed by atoms with Crippen LogP contribution in [-0.4, -0.2) is 42.2 Å². The molecule has 4 aromatic carbocycles. The number of ether oxygens (including phenoxy) is 2. The summed E-state index contributed by atoms with van der Waals surface area (Å²) < 4.78 is 26.9. The molecule has 0 fully saturated rings. The van der Waals surface area contributed by atoms with E-state index in [1.807, 2.05) is 42.5 Å². The van der Waals surface area contributed by atoms with Crippen molar-refractivity contribution in [3.63, 3.8) is 0 Å². The van der Waals surface area contributed by atoms with Crippen LogP contribution in [0.5, 0.6) is 5.75 Å². The second-order valence-corrected chi connectivity index (χ2v) is 12.2. The van der Waals surface area contributed by atoms with Crippen molar-refractivity contribution in [2.45, 2.75) is 30.9 Å². The Bertz CT molecular complexity index is 1640. The van der Waals surface area contributed by atoms with Gasteiger partial charge in [0.05, 0.1) is 6.61 Å². The average Bonchev–Trinajstić information content (AvgIpc) is 3.39. The molecule has 44 heavy (non-hydrogen) atoms. The molecule has 0 saturated heterocycles. The highest BCUT2D eigenvalue weighted by atomic mass is 79.9. The zero-order valence-corrected chi connectivity index (χ0v) is 26.7. The van der Waals surface area contributed by atoms with E-state index < -0.39 is 11.6 Å². The molecule has 228 valence electrons. The number of aliphatic imine (C=N–C) groups is 1. The fraction of sp³-hybridized carbons (Fsp3) is 0.235. The van der Waals surface area contributed by atoms with E-state index in [-0.39, 0.29) is 37.2 Å².